The van der Waals surface area contributed by atoms with Crippen molar-refractivity contribution in [1.82, 2.24) is 0 Å². The van der Waals surface area contributed by atoms with Crippen LogP contribution in [0.3, 0.4) is 0 Å². The normalized spacial score (nSPS) is 42.2. The Morgan fingerprint density at radius 1 is 2.00 bits per heavy atom. The van der Waals surface area contributed by atoms with Gasteiger partial charge in [-0.1, -0.05) is 0 Å². The second-order valence-electron chi connectivity index (χ2n) is 1.72. The van der Waals surface area contributed by atoms with Crippen molar-refractivity contribution in [2.24, 2.45) is 0 Å². The van der Waals surface area contributed by atoms with E-state index >= 15 is 0 Å². The van der Waals surface area contributed by atoms with Gasteiger partial charge in [-0.25, -0.2) is 0 Å². The standard InChI is InChI=1S/C4H6O2/c1-4(2-5)3-6-4/h2H,3H2,1H3/t4-/m1/s1. The van der Waals surface area contributed by atoms with Gasteiger partial charge in [-0.3, -0.25) is 0 Å². The average Bonchev–Trinajstić information content (AvgIpc) is 2.22. The Morgan fingerprint density at radius 3 is 2.50 bits per heavy atom. The Morgan fingerprint density at radius 2 is 2.50 bits per heavy atom. The Bertz CT molecular complexity index is 73.6. The highest BCUT2D eigenvalue weighted by molar-refractivity contribution is 5.65. The van der Waals surface area contributed by atoms with Crippen molar-refractivity contribution >= 4 is 6.29 Å². The van der Waals surface area contributed by atoms with Gasteiger partial charge in [0.2, 0.25) is 0 Å². The summed E-state index contributed by atoms with van der Waals surface area (Å²) < 4.78 is 4.68. The van der Waals surface area contributed by atoms with Gasteiger partial charge in [0.05, 0.1) is 6.61 Å². The molecule has 0 amide bonds. The van der Waals surface area contributed by atoms with Crippen molar-refractivity contribution < 1.29 is 9.53 Å². The number of carbonyl (C=O) groups is 1. The highest BCUT2D eigenvalue weighted by atomic mass is 16.6. The molecule has 34 valence electrons. The van der Waals surface area contributed by atoms with E-state index in [1.54, 1.807) is 6.92 Å². The third-order valence-corrected chi connectivity index (χ3v) is 0.849. The molecule has 1 aliphatic rings. The van der Waals surface area contributed by atoms with Gasteiger partial charge in [0.15, 0.2) is 6.29 Å². The van der Waals surface area contributed by atoms with Crippen molar-refractivity contribution in [2.45, 2.75) is 12.5 Å². The van der Waals surface area contributed by atoms with Gasteiger partial charge in [0.1, 0.15) is 5.60 Å². The van der Waals surface area contributed by atoms with Gasteiger partial charge in [-0.05, 0) is 6.92 Å². The van der Waals surface area contributed by atoms with Crippen molar-refractivity contribution in [2.75, 3.05) is 6.61 Å². The molecule has 0 unspecified atom stereocenters. The van der Waals surface area contributed by atoms with E-state index in [-0.39, 0.29) is 5.60 Å². The fourth-order valence-electron chi connectivity index (χ4n) is 0.182. The summed E-state index contributed by atoms with van der Waals surface area (Å²) in [5, 5.41) is 0. The molecule has 0 aromatic heterocycles. The quantitative estimate of drug-likeness (QED) is 0.331. The number of ether oxygens (including phenoxy) is 1. The molecule has 0 bridgehead atoms. The monoisotopic (exact) mass is 86.0 g/mol. The first kappa shape index (κ1) is 3.81. The zero-order chi connectivity index (χ0) is 4.62. The van der Waals surface area contributed by atoms with E-state index in [0.717, 1.165) is 6.29 Å². The van der Waals surface area contributed by atoms with Crippen molar-refractivity contribution in [3.63, 3.8) is 0 Å². The summed E-state index contributed by atoms with van der Waals surface area (Å²) in [5.41, 5.74) is -0.389. The minimum atomic E-state index is -0.389. The second-order valence-corrected chi connectivity index (χ2v) is 1.72. The average molecular weight is 86.1 g/mol. The first-order chi connectivity index (χ1) is 2.77. The van der Waals surface area contributed by atoms with Gasteiger partial charge in [-0.2, -0.15) is 0 Å². The maximum absolute atomic E-state index is 9.76. The van der Waals surface area contributed by atoms with Gasteiger partial charge >= 0.3 is 0 Å². The van der Waals surface area contributed by atoms with Crippen LogP contribution >= 0.6 is 0 Å². The zero-order valence-electron chi connectivity index (χ0n) is 3.60. The zero-order valence-corrected chi connectivity index (χ0v) is 3.60. The number of carbonyl (C=O) groups excluding carboxylic acids is 1. The van der Waals surface area contributed by atoms with Crippen LogP contribution in [0, 0.1) is 0 Å². The van der Waals surface area contributed by atoms with Crippen LogP contribution in [0.5, 0.6) is 0 Å². The largest absolute Gasteiger partial charge is 0.362 e. The fraction of sp³-hybridized carbons (Fsp3) is 0.750. The van der Waals surface area contributed by atoms with Crippen LogP contribution in [0.4, 0.5) is 0 Å². The Labute approximate surface area is 36.1 Å². The van der Waals surface area contributed by atoms with E-state index in [9.17, 15) is 4.79 Å². The molecule has 1 saturated heterocycles. The Hall–Kier alpha value is -0.370. The van der Waals surface area contributed by atoms with E-state index in [1.165, 1.54) is 0 Å². The second kappa shape index (κ2) is 0.819. The molecule has 6 heavy (non-hydrogen) atoms. The van der Waals surface area contributed by atoms with Crippen LogP contribution in [0.1, 0.15) is 6.92 Å². The molecule has 1 aliphatic heterocycles. The molecular weight excluding hydrogens is 80.0 g/mol. The van der Waals surface area contributed by atoms with Crippen molar-refractivity contribution in [3.8, 4) is 0 Å². The molecule has 2 heteroatoms. The molecule has 0 spiro atoms. The van der Waals surface area contributed by atoms with Crippen molar-refractivity contribution in [3.05, 3.63) is 0 Å². The number of hydrogen-bond donors (Lipinski definition) is 0. The maximum Gasteiger partial charge on any atom is 0.153 e. The van der Waals surface area contributed by atoms with E-state index in [2.05, 4.69) is 4.74 Å². The molecule has 1 fully saturated rings. The molecule has 1 atom stereocenters. The number of epoxide rings is 1. The topological polar surface area (TPSA) is 29.6 Å². The van der Waals surface area contributed by atoms with Gasteiger partial charge in [0.25, 0.3) is 0 Å². The number of rotatable bonds is 1. The van der Waals surface area contributed by atoms with E-state index < -0.39 is 0 Å². The van der Waals surface area contributed by atoms with Crippen LogP contribution in [0.2, 0.25) is 0 Å². The SMILES string of the molecule is C[C@@]1(C=O)CO1. The Balaban J connectivity index is 2.47. The summed E-state index contributed by atoms with van der Waals surface area (Å²) in [6.07, 6.45) is 0.826. The van der Waals surface area contributed by atoms with E-state index in [0.29, 0.717) is 6.61 Å². The molecule has 2 nitrogen and oxygen atoms in total. The number of aldehydes is 1. The van der Waals surface area contributed by atoms with Crippen molar-refractivity contribution in [1.29, 1.82) is 0 Å². The maximum atomic E-state index is 9.76. The minimum Gasteiger partial charge on any atom is -0.362 e. The molecule has 0 aromatic rings. The first-order valence-corrected chi connectivity index (χ1v) is 1.87. The molecule has 0 N–H and O–H groups in total. The summed E-state index contributed by atoms with van der Waals surface area (Å²) in [7, 11) is 0. The predicted octanol–water partition coefficient (Wildman–Crippen LogP) is -0.0258. The Kier molecular flexibility index (Phi) is 0.520. The van der Waals surface area contributed by atoms with Crippen LogP contribution in [0.15, 0.2) is 0 Å². The lowest BCUT2D eigenvalue weighted by Gasteiger charge is -1.80. The third-order valence-electron chi connectivity index (χ3n) is 0.849. The van der Waals surface area contributed by atoms with Gasteiger partial charge < -0.3 is 9.53 Å². The van der Waals surface area contributed by atoms with Gasteiger partial charge in [-0.15, -0.1) is 0 Å². The van der Waals surface area contributed by atoms with Crippen LogP contribution in [0.25, 0.3) is 0 Å². The minimum absolute atomic E-state index is 0.389. The summed E-state index contributed by atoms with van der Waals surface area (Å²) in [6, 6.07) is 0. The molecule has 1 heterocycles. The predicted molar refractivity (Wildman–Crippen MR) is 20.4 cm³/mol. The third kappa shape index (κ3) is 0.431. The lowest BCUT2D eigenvalue weighted by molar-refractivity contribution is -0.111. The summed E-state index contributed by atoms with van der Waals surface area (Å²) in [6.45, 7) is 2.37. The summed E-state index contributed by atoms with van der Waals surface area (Å²) >= 11 is 0. The van der Waals surface area contributed by atoms with Crippen LogP contribution < -0.4 is 0 Å². The lowest BCUT2D eigenvalue weighted by Crippen LogP contribution is -2.03. The smallest absolute Gasteiger partial charge is 0.153 e. The number of hydrogen-bond acceptors (Lipinski definition) is 2. The molecule has 0 aliphatic carbocycles. The molecule has 1 rings (SSSR count). The highest BCUT2D eigenvalue weighted by Crippen LogP contribution is 2.21. The van der Waals surface area contributed by atoms with Gasteiger partial charge in [0, 0.05) is 0 Å². The summed E-state index contributed by atoms with van der Waals surface area (Å²) in [5.74, 6) is 0. The first-order valence-electron chi connectivity index (χ1n) is 1.87. The van der Waals surface area contributed by atoms with Crippen LogP contribution in [-0.4, -0.2) is 18.5 Å². The van der Waals surface area contributed by atoms with E-state index in [1.807, 2.05) is 0 Å². The molecule has 0 radical (unpaired) electrons. The van der Waals surface area contributed by atoms with Crippen LogP contribution in [-0.2, 0) is 9.53 Å². The van der Waals surface area contributed by atoms with E-state index in [4.69, 9.17) is 0 Å². The lowest BCUT2D eigenvalue weighted by atomic mass is 10.2. The molecule has 0 aromatic carbocycles. The highest BCUT2D eigenvalue weighted by Gasteiger charge is 2.38. The molecule has 0 saturated carbocycles. The molecular formula is C4H6O2. The fourth-order valence-corrected chi connectivity index (χ4v) is 0.182. The summed E-state index contributed by atoms with van der Waals surface area (Å²) in [4.78, 5) is 9.76.